The average molecular weight is 308 g/mol. The largest absolute Gasteiger partial charge is 0.497 e. The molecule has 7 heteroatoms. The molecule has 1 N–H and O–H groups in total. The van der Waals surface area contributed by atoms with Crippen molar-refractivity contribution in [2.24, 2.45) is 0 Å². The van der Waals surface area contributed by atoms with Crippen molar-refractivity contribution in [1.29, 1.82) is 0 Å². The lowest BCUT2D eigenvalue weighted by molar-refractivity contribution is -0.133. The van der Waals surface area contributed by atoms with Gasteiger partial charge in [-0.3, -0.25) is 4.79 Å². The van der Waals surface area contributed by atoms with Crippen molar-refractivity contribution in [3.05, 3.63) is 36.0 Å². The van der Waals surface area contributed by atoms with Gasteiger partial charge >= 0.3 is 5.97 Å². The topological polar surface area (TPSA) is 73.6 Å². The number of aromatic nitrogens is 2. The molecule has 0 saturated carbocycles. The van der Waals surface area contributed by atoms with E-state index in [9.17, 15) is 4.79 Å². The van der Waals surface area contributed by atoms with E-state index >= 15 is 0 Å². The number of benzene rings is 1. The van der Waals surface area contributed by atoms with Crippen molar-refractivity contribution in [1.82, 2.24) is 9.78 Å². The van der Waals surface area contributed by atoms with E-state index in [1.54, 1.807) is 18.9 Å². The highest BCUT2D eigenvalue weighted by atomic mass is 32.2. The Bertz CT molecular complexity index is 610. The van der Waals surface area contributed by atoms with Gasteiger partial charge in [-0.05, 0) is 30.3 Å². The van der Waals surface area contributed by atoms with Gasteiger partial charge in [0.25, 0.3) is 0 Å². The molecule has 0 spiro atoms. The Kier molecular flexibility index (Phi) is 5.24. The van der Waals surface area contributed by atoms with E-state index in [2.05, 4.69) is 5.10 Å². The van der Waals surface area contributed by atoms with Crippen LogP contribution in [0.3, 0.4) is 0 Å². The van der Waals surface area contributed by atoms with Gasteiger partial charge in [0.05, 0.1) is 30.9 Å². The minimum absolute atomic E-state index is 0.0196. The number of methoxy groups -OCH3 is 2. The smallest absolute Gasteiger partial charge is 0.313 e. The summed E-state index contributed by atoms with van der Waals surface area (Å²) in [5.74, 6) is -0.132. The van der Waals surface area contributed by atoms with E-state index < -0.39 is 5.97 Å². The number of hydrogen-bond acceptors (Lipinski definition) is 5. The number of carboxylic acid groups (broad SMARTS) is 1. The van der Waals surface area contributed by atoms with Crippen molar-refractivity contribution in [3.8, 4) is 11.4 Å². The third kappa shape index (κ3) is 3.99. The fourth-order valence-corrected chi connectivity index (χ4v) is 2.53. The van der Waals surface area contributed by atoms with E-state index in [1.807, 2.05) is 30.3 Å². The normalized spacial score (nSPS) is 10.6. The second-order valence-corrected chi connectivity index (χ2v) is 5.19. The van der Waals surface area contributed by atoms with Crippen LogP contribution in [0.2, 0.25) is 0 Å². The van der Waals surface area contributed by atoms with Crippen molar-refractivity contribution in [2.75, 3.05) is 20.0 Å². The van der Waals surface area contributed by atoms with E-state index in [1.165, 1.54) is 11.8 Å². The molecule has 1 aromatic carbocycles. The van der Waals surface area contributed by atoms with E-state index in [-0.39, 0.29) is 5.75 Å². The summed E-state index contributed by atoms with van der Waals surface area (Å²) >= 11 is 1.22. The SMILES string of the molecule is COCc1cc(SCC(=O)O)n(-c2ccc(OC)cc2)n1. The third-order valence-electron chi connectivity index (χ3n) is 2.68. The first-order chi connectivity index (χ1) is 10.1. The van der Waals surface area contributed by atoms with Gasteiger partial charge in [0.1, 0.15) is 10.8 Å². The molecule has 0 aliphatic heterocycles. The van der Waals surface area contributed by atoms with Crippen molar-refractivity contribution < 1.29 is 19.4 Å². The van der Waals surface area contributed by atoms with Crippen LogP contribution in [0.5, 0.6) is 5.75 Å². The van der Waals surface area contributed by atoms with E-state index in [0.29, 0.717) is 6.61 Å². The van der Waals surface area contributed by atoms with E-state index in [4.69, 9.17) is 14.6 Å². The first-order valence-electron chi connectivity index (χ1n) is 6.21. The number of ether oxygens (including phenoxy) is 2. The zero-order valence-corrected chi connectivity index (χ0v) is 12.6. The van der Waals surface area contributed by atoms with Gasteiger partial charge in [-0.1, -0.05) is 11.8 Å². The van der Waals surface area contributed by atoms with Crippen LogP contribution in [0, 0.1) is 0 Å². The number of thioether (sulfide) groups is 1. The lowest BCUT2D eigenvalue weighted by Crippen LogP contribution is -2.02. The monoisotopic (exact) mass is 308 g/mol. The molecule has 0 bridgehead atoms. The highest BCUT2D eigenvalue weighted by molar-refractivity contribution is 7.99. The standard InChI is InChI=1S/C14H16N2O4S/c1-19-8-10-7-13(21-9-14(17)18)16(15-10)11-3-5-12(20-2)6-4-11/h3-7H,8-9H2,1-2H3,(H,17,18). The molecular formula is C14H16N2O4S. The Balaban J connectivity index is 2.31. The molecule has 0 aliphatic rings. The Morgan fingerprint density at radius 2 is 2.05 bits per heavy atom. The Hall–Kier alpha value is -1.99. The highest BCUT2D eigenvalue weighted by Gasteiger charge is 2.12. The van der Waals surface area contributed by atoms with Crippen LogP contribution >= 0.6 is 11.8 Å². The second kappa shape index (κ2) is 7.14. The summed E-state index contributed by atoms with van der Waals surface area (Å²) in [5, 5.41) is 14.0. The van der Waals surface area contributed by atoms with Crippen LogP contribution in [-0.4, -0.2) is 40.8 Å². The molecular weight excluding hydrogens is 292 g/mol. The number of carboxylic acids is 1. The minimum Gasteiger partial charge on any atom is -0.497 e. The minimum atomic E-state index is -0.865. The molecule has 1 aromatic heterocycles. The number of hydrogen-bond donors (Lipinski definition) is 1. The van der Waals surface area contributed by atoms with Crippen molar-refractivity contribution in [3.63, 3.8) is 0 Å². The number of nitrogens with zero attached hydrogens (tertiary/aromatic N) is 2. The summed E-state index contributed by atoms with van der Waals surface area (Å²) in [7, 11) is 3.20. The van der Waals surface area contributed by atoms with Crippen molar-refractivity contribution >= 4 is 17.7 Å². The van der Waals surface area contributed by atoms with Crippen LogP contribution < -0.4 is 4.74 Å². The number of rotatable bonds is 7. The molecule has 0 amide bonds. The Morgan fingerprint density at radius 1 is 1.33 bits per heavy atom. The Morgan fingerprint density at radius 3 is 2.62 bits per heavy atom. The predicted molar refractivity (Wildman–Crippen MR) is 79.2 cm³/mol. The molecule has 2 rings (SSSR count). The zero-order chi connectivity index (χ0) is 15.2. The molecule has 2 aromatic rings. The van der Waals surface area contributed by atoms with Gasteiger partial charge in [0, 0.05) is 7.11 Å². The van der Waals surface area contributed by atoms with Gasteiger partial charge < -0.3 is 14.6 Å². The lowest BCUT2D eigenvalue weighted by Gasteiger charge is -2.07. The molecule has 6 nitrogen and oxygen atoms in total. The maximum atomic E-state index is 10.7. The quantitative estimate of drug-likeness (QED) is 0.791. The number of aliphatic carboxylic acids is 1. The molecule has 112 valence electrons. The molecule has 21 heavy (non-hydrogen) atoms. The number of carbonyl (C=O) groups is 1. The maximum absolute atomic E-state index is 10.7. The van der Waals surface area contributed by atoms with E-state index in [0.717, 1.165) is 22.2 Å². The molecule has 0 aliphatic carbocycles. The summed E-state index contributed by atoms with van der Waals surface area (Å²) in [6.07, 6.45) is 0. The van der Waals surface area contributed by atoms with Crippen LogP contribution in [-0.2, 0) is 16.1 Å². The molecule has 0 fully saturated rings. The molecule has 1 heterocycles. The first-order valence-corrected chi connectivity index (χ1v) is 7.19. The third-order valence-corrected chi connectivity index (χ3v) is 3.66. The summed E-state index contributed by atoms with van der Waals surface area (Å²) < 4.78 is 11.9. The highest BCUT2D eigenvalue weighted by Crippen LogP contribution is 2.24. The molecule has 0 atom stereocenters. The molecule has 0 unspecified atom stereocenters. The maximum Gasteiger partial charge on any atom is 0.313 e. The fraction of sp³-hybridized carbons (Fsp3) is 0.286. The average Bonchev–Trinajstić information content (AvgIpc) is 2.88. The van der Waals surface area contributed by atoms with Crippen LogP contribution in [0.15, 0.2) is 35.4 Å². The molecule has 0 saturated heterocycles. The summed E-state index contributed by atoms with van der Waals surface area (Å²) in [5.41, 5.74) is 1.59. The van der Waals surface area contributed by atoms with Gasteiger partial charge in [-0.25, -0.2) is 4.68 Å². The summed E-state index contributed by atoms with van der Waals surface area (Å²) in [4.78, 5) is 10.7. The Labute approximate surface area is 126 Å². The summed E-state index contributed by atoms with van der Waals surface area (Å²) in [6, 6.07) is 9.24. The zero-order valence-electron chi connectivity index (χ0n) is 11.8. The first kappa shape index (κ1) is 15.4. The summed E-state index contributed by atoms with van der Waals surface area (Å²) in [6.45, 7) is 0.379. The van der Waals surface area contributed by atoms with Gasteiger partial charge in [0.15, 0.2) is 0 Å². The van der Waals surface area contributed by atoms with Gasteiger partial charge in [-0.15, -0.1) is 0 Å². The predicted octanol–water partition coefficient (Wildman–Crippen LogP) is 2.20. The van der Waals surface area contributed by atoms with Crippen LogP contribution in [0.1, 0.15) is 5.69 Å². The fourth-order valence-electron chi connectivity index (χ4n) is 1.78. The second-order valence-electron chi connectivity index (χ2n) is 4.20. The van der Waals surface area contributed by atoms with Crippen LogP contribution in [0.4, 0.5) is 0 Å². The van der Waals surface area contributed by atoms with Gasteiger partial charge in [-0.2, -0.15) is 5.10 Å². The van der Waals surface area contributed by atoms with Crippen LogP contribution in [0.25, 0.3) is 5.69 Å². The van der Waals surface area contributed by atoms with Crippen molar-refractivity contribution in [2.45, 2.75) is 11.6 Å². The lowest BCUT2D eigenvalue weighted by atomic mass is 10.3. The molecule has 0 radical (unpaired) electrons. The van der Waals surface area contributed by atoms with Gasteiger partial charge in [0.2, 0.25) is 0 Å².